The van der Waals surface area contributed by atoms with E-state index in [1.807, 2.05) is 25.3 Å². The Morgan fingerprint density at radius 1 is 1.11 bits per heavy atom. The molecule has 0 radical (unpaired) electrons. The van der Waals surface area contributed by atoms with E-state index in [0.717, 1.165) is 28.2 Å². The van der Waals surface area contributed by atoms with Gasteiger partial charge in [-0.3, -0.25) is 9.36 Å². The van der Waals surface area contributed by atoms with Crippen molar-refractivity contribution in [3.63, 3.8) is 0 Å². The topological polar surface area (TPSA) is 51.0 Å². The third kappa shape index (κ3) is 4.59. The number of carbonyl (C=O) groups excluding carboxylic acids is 1. The molecule has 0 fully saturated rings. The molecule has 0 atom stereocenters. The lowest BCUT2D eigenvalue weighted by atomic mass is 10.1. The molecular weight excluding hydrogens is 375 g/mol. The van der Waals surface area contributed by atoms with Crippen LogP contribution in [0.5, 0.6) is 0 Å². The van der Waals surface area contributed by atoms with Crippen LogP contribution in [0.2, 0.25) is 0 Å². The number of thioether (sulfide) groups is 1. The molecule has 1 heterocycles. The van der Waals surface area contributed by atoms with Crippen LogP contribution in [-0.2, 0) is 11.3 Å². The summed E-state index contributed by atoms with van der Waals surface area (Å²) >= 11 is 1.36. The third-order valence-corrected chi connectivity index (χ3v) is 5.40. The van der Waals surface area contributed by atoms with Gasteiger partial charge in [0.05, 0.1) is 11.4 Å². The molecule has 0 saturated heterocycles. The Hall–Kier alpha value is -2.67. The van der Waals surface area contributed by atoms with Gasteiger partial charge in [-0.2, -0.15) is 0 Å². The van der Waals surface area contributed by atoms with E-state index in [1.54, 1.807) is 24.1 Å². The molecule has 3 aromatic rings. The lowest BCUT2D eigenvalue weighted by Gasteiger charge is -2.17. The van der Waals surface area contributed by atoms with Crippen molar-refractivity contribution in [1.29, 1.82) is 0 Å². The van der Waals surface area contributed by atoms with E-state index in [2.05, 4.69) is 28.4 Å². The predicted molar refractivity (Wildman–Crippen MR) is 109 cm³/mol. The van der Waals surface area contributed by atoms with Gasteiger partial charge in [0.1, 0.15) is 11.6 Å². The molecule has 1 amide bonds. The molecule has 0 N–H and O–H groups in total. The zero-order valence-electron chi connectivity index (χ0n) is 16.4. The summed E-state index contributed by atoms with van der Waals surface area (Å²) in [5.74, 6) is 0.723. The monoisotopic (exact) mass is 398 g/mol. The summed E-state index contributed by atoms with van der Waals surface area (Å²) in [4.78, 5) is 14.2. The Kier molecular flexibility index (Phi) is 6.14. The molecule has 0 aliphatic carbocycles. The normalized spacial score (nSPS) is 10.9. The van der Waals surface area contributed by atoms with Gasteiger partial charge in [0.2, 0.25) is 5.91 Å². The highest BCUT2D eigenvalue weighted by atomic mass is 32.2. The van der Waals surface area contributed by atoms with Crippen molar-refractivity contribution >= 4 is 17.7 Å². The average Bonchev–Trinajstić information content (AvgIpc) is 3.04. The van der Waals surface area contributed by atoms with Crippen LogP contribution in [0, 0.1) is 26.6 Å². The second-order valence-corrected chi connectivity index (χ2v) is 7.76. The standard InChI is InChI=1S/C21H23FN4OS/c1-14-5-6-15(2)19(11-14)26-16(3)23-24-21(26)28-13-20(27)25(4)12-17-7-9-18(22)10-8-17/h5-11H,12-13H2,1-4H3. The first-order chi connectivity index (χ1) is 13.3. The molecule has 5 nitrogen and oxygen atoms in total. The number of halogens is 1. The van der Waals surface area contributed by atoms with Crippen LogP contribution in [0.15, 0.2) is 47.6 Å². The van der Waals surface area contributed by atoms with Gasteiger partial charge in [-0.15, -0.1) is 10.2 Å². The number of nitrogens with zero attached hydrogens (tertiary/aromatic N) is 4. The molecule has 0 spiro atoms. The number of hydrogen-bond acceptors (Lipinski definition) is 4. The van der Waals surface area contributed by atoms with Gasteiger partial charge in [0.25, 0.3) is 0 Å². The molecule has 1 aromatic heterocycles. The van der Waals surface area contributed by atoms with Gasteiger partial charge in [-0.25, -0.2) is 4.39 Å². The van der Waals surface area contributed by atoms with Gasteiger partial charge in [-0.05, 0) is 55.7 Å². The summed E-state index contributed by atoms with van der Waals surface area (Å²) in [7, 11) is 1.74. The van der Waals surface area contributed by atoms with Crippen molar-refractivity contribution in [3.05, 3.63) is 70.8 Å². The minimum Gasteiger partial charge on any atom is -0.341 e. The SMILES string of the molecule is Cc1ccc(C)c(-n2c(C)nnc2SCC(=O)N(C)Cc2ccc(F)cc2)c1. The maximum absolute atomic E-state index is 13.0. The number of benzene rings is 2. The highest BCUT2D eigenvalue weighted by molar-refractivity contribution is 7.99. The van der Waals surface area contributed by atoms with Crippen molar-refractivity contribution < 1.29 is 9.18 Å². The van der Waals surface area contributed by atoms with E-state index in [-0.39, 0.29) is 17.5 Å². The van der Waals surface area contributed by atoms with E-state index in [1.165, 1.54) is 23.9 Å². The molecule has 0 unspecified atom stereocenters. The van der Waals surface area contributed by atoms with Crippen molar-refractivity contribution in [2.24, 2.45) is 0 Å². The van der Waals surface area contributed by atoms with Crippen LogP contribution in [0.25, 0.3) is 5.69 Å². The number of hydrogen-bond donors (Lipinski definition) is 0. The molecule has 0 bridgehead atoms. The van der Waals surface area contributed by atoms with Crippen LogP contribution in [0.3, 0.4) is 0 Å². The molecule has 7 heteroatoms. The fraction of sp³-hybridized carbons (Fsp3) is 0.286. The number of carbonyl (C=O) groups is 1. The Balaban J connectivity index is 1.70. The third-order valence-electron chi connectivity index (χ3n) is 4.48. The first kappa shape index (κ1) is 20.1. The van der Waals surface area contributed by atoms with Gasteiger partial charge in [0, 0.05) is 13.6 Å². The Morgan fingerprint density at radius 2 is 1.82 bits per heavy atom. The van der Waals surface area contributed by atoms with Crippen molar-refractivity contribution in [2.45, 2.75) is 32.5 Å². The van der Waals surface area contributed by atoms with Gasteiger partial charge in [0.15, 0.2) is 5.16 Å². The highest BCUT2D eigenvalue weighted by Crippen LogP contribution is 2.25. The zero-order valence-corrected chi connectivity index (χ0v) is 17.3. The molecule has 2 aromatic carbocycles. The second-order valence-electron chi connectivity index (χ2n) is 6.82. The first-order valence-electron chi connectivity index (χ1n) is 8.96. The number of amides is 1. The molecule has 0 aliphatic heterocycles. The Labute approximate surface area is 168 Å². The van der Waals surface area contributed by atoms with E-state index in [4.69, 9.17) is 0 Å². The summed E-state index contributed by atoms with van der Waals surface area (Å²) in [6, 6.07) is 12.4. The van der Waals surface area contributed by atoms with Crippen LogP contribution in [0.1, 0.15) is 22.5 Å². The van der Waals surface area contributed by atoms with E-state index >= 15 is 0 Å². The van der Waals surface area contributed by atoms with Crippen molar-refractivity contribution in [2.75, 3.05) is 12.8 Å². The average molecular weight is 399 g/mol. The molecule has 0 aliphatic rings. The number of aryl methyl sites for hydroxylation is 3. The maximum Gasteiger partial charge on any atom is 0.233 e. The smallest absolute Gasteiger partial charge is 0.233 e. The zero-order chi connectivity index (χ0) is 20.3. The van der Waals surface area contributed by atoms with Gasteiger partial charge in [-0.1, -0.05) is 36.0 Å². The second kappa shape index (κ2) is 8.56. The van der Waals surface area contributed by atoms with Gasteiger partial charge >= 0.3 is 0 Å². The van der Waals surface area contributed by atoms with Crippen LogP contribution in [-0.4, -0.2) is 38.4 Å². The molecule has 0 saturated carbocycles. The molecular formula is C21H23FN4OS. The minimum atomic E-state index is -0.283. The van der Waals surface area contributed by atoms with Crippen LogP contribution in [0.4, 0.5) is 4.39 Å². The van der Waals surface area contributed by atoms with Gasteiger partial charge < -0.3 is 4.90 Å². The first-order valence-corrected chi connectivity index (χ1v) is 9.94. The summed E-state index contributed by atoms with van der Waals surface area (Å²) < 4.78 is 15.0. The minimum absolute atomic E-state index is 0.0255. The largest absolute Gasteiger partial charge is 0.341 e. The van der Waals surface area contributed by atoms with Crippen LogP contribution < -0.4 is 0 Å². The summed E-state index contributed by atoms with van der Waals surface area (Å²) in [5, 5.41) is 9.14. The number of aromatic nitrogens is 3. The Morgan fingerprint density at radius 3 is 2.54 bits per heavy atom. The fourth-order valence-corrected chi connectivity index (χ4v) is 3.79. The Bertz CT molecular complexity index is 985. The molecule has 146 valence electrons. The van der Waals surface area contributed by atoms with E-state index in [0.29, 0.717) is 11.7 Å². The van der Waals surface area contributed by atoms with E-state index < -0.39 is 0 Å². The predicted octanol–water partition coefficient (Wildman–Crippen LogP) is 4.08. The maximum atomic E-state index is 13.0. The molecule has 28 heavy (non-hydrogen) atoms. The van der Waals surface area contributed by atoms with Crippen LogP contribution >= 0.6 is 11.8 Å². The lowest BCUT2D eigenvalue weighted by molar-refractivity contribution is -0.127. The number of rotatable bonds is 6. The van der Waals surface area contributed by atoms with E-state index in [9.17, 15) is 9.18 Å². The molecule has 3 rings (SSSR count). The highest BCUT2D eigenvalue weighted by Gasteiger charge is 2.17. The van der Waals surface area contributed by atoms with Crippen molar-refractivity contribution in [3.8, 4) is 5.69 Å². The van der Waals surface area contributed by atoms with Crippen molar-refractivity contribution in [1.82, 2.24) is 19.7 Å². The summed E-state index contributed by atoms with van der Waals surface area (Å²) in [6.07, 6.45) is 0. The lowest BCUT2D eigenvalue weighted by Crippen LogP contribution is -2.27. The quantitative estimate of drug-likeness (QED) is 0.587. The summed E-state index contributed by atoms with van der Waals surface area (Å²) in [5.41, 5.74) is 4.18. The summed E-state index contributed by atoms with van der Waals surface area (Å²) in [6.45, 7) is 6.43. The fourth-order valence-electron chi connectivity index (χ4n) is 2.86.